The van der Waals surface area contributed by atoms with E-state index in [0.717, 1.165) is 108 Å². The molecule has 17 nitrogen and oxygen atoms in total. The number of carbonyl (C=O) groups excluding carboxylic acids is 4. The molecule has 0 rings (SSSR count). The smallest absolute Gasteiger partial charge is 0.462 e. The first-order valence-corrected chi connectivity index (χ1v) is 45.0. The zero-order valence-corrected chi connectivity index (χ0v) is 67.3. The van der Waals surface area contributed by atoms with Crippen molar-refractivity contribution in [3.05, 3.63) is 0 Å². The quantitative estimate of drug-likeness (QED) is 0.0222. The maximum Gasteiger partial charge on any atom is 0.472 e. The number of aliphatic hydroxyl groups is 1. The molecule has 0 spiro atoms. The summed E-state index contributed by atoms with van der Waals surface area (Å²) in [7, 11) is -9.91. The van der Waals surface area contributed by atoms with Crippen molar-refractivity contribution in [1.29, 1.82) is 0 Å². The maximum absolute atomic E-state index is 13.1. The lowest BCUT2D eigenvalue weighted by Crippen LogP contribution is -2.30. The Labute approximate surface area is 613 Å². The van der Waals surface area contributed by atoms with Crippen molar-refractivity contribution in [3.8, 4) is 0 Å². The largest absolute Gasteiger partial charge is 0.472 e. The van der Waals surface area contributed by atoms with E-state index < -0.39 is 97.5 Å². The van der Waals surface area contributed by atoms with E-state index in [-0.39, 0.29) is 25.7 Å². The van der Waals surface area contributed by atoms with Crippen molar-refractivity contribution >= 4 is 39.5 Å². The fourth-order valence-electron chi connectivity index (χ4n) is 12.5. The molecule has 0 aliphatic rings. The van der Waals surface area contributed by atoms with Gasteiger partial charge in [-0.1, -0.05) is 375 Å². The van der Waals surface area contributed by atoms with Crippen LogP contribution in [0.2, 0.25) is 0 Å². The van der Waals surface area contributed by atoms with Crippen molar-refractivity contribution in [2.45, 2.75) is 445 Å². The van der Waals surface area contributed by atoms with E-state index in [9.17, 15) is 43.2 Å². The highest BCUT2D eigenvalue weighted by molar-refractivity contribution is 7.47. The molecule has 0 radical (unpaired) electrons. The van der Waals surface area contributed by atoms with Crippen LogP contribution in [0.25, 0.3) is 0 Å². The Morgan fingerprint density at radius 3 is 0.680 bits per heavy atom. The summed E-state index contributed by atoms with van der Waals surface area (Å²) in [6, 6.07) is 0. The zero-order chi connectivity index (χ0) is 73.5. The molecule has 0 aliphatic carbocycles. The van der Waals surface area contributed by atoms with Gasteiger partial charge in [-0.25, -0.2) is 9.13 Å². The van der Waals surface area contributed by atoms with Crippen molar-refractivity contribution in [2.75, 3.05) is 39.6 Å². The van der Waals surface area contributed by atoms with Crippen LogP contribution in [0.1, 0.15) is 427 Å². The number of carbonyl (C=O) groups is 4. The van der Waals surface area contributed by atoms with E-state index in [1.54, 1.807) is 0 Å². The molecule has 0 saturated heterocycles. The number of rotatable bonds is 80. The topological polar surface area (TPSA) is 237 Å². The van der Waals surface area contributed by atoms with Crippen LogP contribution in [-0.2, 0) is 65.4 Å². The van der Waals surface area contributed by atoms with Gasteiger partial charge in [0.05, 0.1) is 26.4 Å². The number of ether oxygens (including phenoxy) is 4. The second-order valence-electron chi connectivity index (χ2n) is 30.1. The minimum atomic E-state index is -4.96. The molecule has 594 valence electrons. The van der Waals surface area contributed by atoms with Gasteiger partial charge in [-0.3, -0.25) is 37.3 Å². The molecule has 0 heterocycles. The molecule has 0 aromatic carbocycles. The van der Waals surface area contributed by atoms with Crippen LogP contribution in [0.4, 0.5) is 0 Å². The van der Waals surface area contributed by atoms with Gasteiger partial charge in [-0.2, -0.15) is 0 Å². The monoisotopic (exact) mass is 1470 g/mol. The number of aliphatic hydroxyl groups excluding tert-OH is 1. The lowest BCUT2D eigenvalue weighted by molar-refractivity contribution is -0.161. The number of hydrogen-bond acceptors (Lipinski definition) is 15. The van der Waals surface area contributed by atoms with Gasteiger partial charge in [-0.15, -0.1) is 0 Å². The van der Waals surface area contributed by atoms with Crippen LogP contribution < -0.4 is 0 Å². The van der Waals surface area contributed by atoms with Gasteiger partial charge in [0.1, 0.15) is 19.3 Å². The zero-order valence-electron chi connectivity index (χ0n) is 65.5. The minimum Gasteiger partial charge on any atom is -0.462 e. The van der Waals surface area contributed by atoms with Gasteiger partial charge in [0, 0.05) is 25.7 Å². The summed E-state index contributed by atoms with van der Waals surface area (Å²) in [4.78, 5) is 72.9. The average Bonchev–Trinajstić information content (AvgIpc) is 0.934. The average molecular weight is 1470 g/mol. The molecule has 0 bridgehead atoms. The Bertz CT molecular complexity index is 1920. The summed E-state index contributed by atoms with van der Waals surface area (Å²) in [5.41, 5.74) is 0. The third-order valence-corrected chi connectivity index (χ3v) is 20.9. The Balaban J connectivity index is 5.19. The highest BCUT2D eigenvalue weighted by atomic mass is 31.2. The van der Waals surface area contributed by atoms with E-state index in [1.165, 1.54) is 238 Å². The number of unbranched alkanes of at least 4 members (excludes halogenated alkanes) is 50. The second-order valence-corrected chi connectivity index (χ2v) is 33.0. The summed E-state index contributed by atoms with van der Waals surface area (Å²) in [6.07, 6.45) is 62.6. The fourth-order valence-corrected chi connectivity index (χ4v) is 14.1. The first-order valence-electron chi connectivity index (χ1n) is 42.0. The van der Waals surface area contributed by atoms with Gasteiger partial charge in [-0.05, 0) is 37.5 Å². The Hall–Kier alpha value is -1.94. The molecule has 0 saturated carbocycles. The molecular weight excluding hydrogens is 1310 g/mol. The van der Waals surface area contributed by atoms with Gasteiger partial charge < -0.3 is 33.8 Å². The van der Waals surface area contributed by atoms with Crippen LogP contribution in [0.15, 0.2) is 0 Å². The SMILES string of the molecule is CCCCCCCCCCCCCCCCCCCCCCCC(=O)O[C@H](COC(=O)CCCCCCCCCCCCCCCCCC(C)C)COP(=O)(O)OC[C@@H](O)COP(=O)(O)OC[C@@H](COC(=O)CCCCCCCCCC)OC(=O)CCCCCCCCCCCCC(C)C. The molecule has 0 aromatic heterocycles. The van der Waals surface area contributed by atoms with Crippen LogP contribution in [0, 0.1) is 11.8 Å². The summed E-state index contributed by atoms with van der Waals surface area (Å²) >= 11 is 0. The highest BCUT2D eigenvalue weighted by Crippen LogP contribution is 2.45. The van der Waals surface area contributed by atoms with Crippen molar-refractivity contribution in [3.63, 3.8) is 0 Å². The van der Waals surface area contributed by atoms with Gasteiger partial charge in [0.15, 0.2) is 12.2 Å². The van der Waals surface area contributed by atoms with E-state index in [4.69, 9.17) is 37.0 Å². The van der Waals surface area contributed by atoms with Crippen molar-refractivity contribution < 1.29 is 80.2 Å². The fraction of sp³-hybridized carbons (Fsp3) is 0.951. The van der Waals surface area contributed by atoms with Gasteiger partial charge in [0.2, 0.25) is 0 Å². The molecule has 2 unspecified atom stereocenters. The Morgan fingerprint density at radius 1 is 0.270 bits per heavy atom. The van der Waals surface area contributed by atoms with E-state index in [2.05, 4.69) is 41.5 Å². The molecule has 0 aliphatic heterocycles. The third kappa shape index (κ3) is 74.3. The first kappa shape index (κ1) is 98.1. The Kier molecular flexibility index (Phi) is 71.2. The number of esters is 4. The molecular formula is C81H158O17P2. The minimum absolute atomic E-state index is 0.106. The second kappa shape index (κ2) is 72.6. The highest BCUT2D eigenvalue weighted by Gasteiger charge is 2.30. The van der Waals surface area contributed by atoms with Crippen LogP contribution in [0.3, 0.4) is 0 Å². The summed E-state index contributed by atoms with van der Waals surface area (Å²) in [5.74, 6) is -0.554. The van der Waals surface area contributed by atoms with Crippen LogP contribution in [-0.4, -0.2) is 96.7 Å². The maximum atomic E-state index is 13.1. The molecule has 0 amide bonds. The number of phosphoric ester groups is 2. The predicted octanol–water partition coefficient (Wildman–Crippen LogP) is 24.3. The van der Waals surface area contributed by atoms with Crippen molar-refractivity contribution in [1.82, 2.24) is 0 Å². The van der Waals surface area contributed by atoms with Crippen LogP contribution >= 0.6 is 15.6 Å². The lowest BCUT2D eigenvalue weighted by atomic mass is 10.0. The summed E-state index contributed by atoms with van der Waals surface area (Å²) in [5, 5.41) is 10.6. The van der Waals surface area contributed by atoms with Crippen LogP contribution in [0.5, 0.6) is 0 Å². The summed E-state index contributed by atoms with van der Waals surface area (Å²) < 4.78 is 68.6. The molecule has 100 heavy (non-hydrogen) atoms. The van der Waals surface area contributed by atoms with Gasteiger partial charge in [0.25, 0.3) is 0 Å². The normalized spacial score (nSPS) is 13.9. The summed E-state index contributed by atoms with van der Waals surface area (Å²) in [6.45, 7) is 9.62. The standard InChI is InChI=1S/C81H158O17P2/c1-7-9-11-13-15-17-18-19-20-21-22-23-24-25-28-32-35-41-47-53-59-65-80(85)98-77(70-92-79(84)64-58-52-46-40-34-31-29-26-27-30-33-38-43-49-55-61-73(3)4)72-96-100(89,90)94-68-75(82)67-93-99(87,88)95-71-76(69-91-78(83)63-57-51-45-16-14-12-10-8-2)97-81(86)66-60-54-48-42-37-36-39-44-50-56-62-74(5)6/h73-77,82H,7-72H2,1-6H3,(H,87,88)(H,89,90)/t75-,76+,77+/m0/s1. The molecule has 0 aromatic rings. The van der Waals surface area contributed by atoms with E-state index in [1.807, 2.05) is 0 Å². The predicted molar refractivity (Wildman–Crippen MR) is 409 cm³/mol. The lowest BCUT2D eigenvalue weighted by Gasteiger charge is -2.21. The Morgan fingerprint density at radius 2 is 0.460 bits per heavy atom. The first-order chi connectivity index (χ1) is 48.4. The molecule has 0 fully saturated rings. The molecule has 19 heteroatoms. The van der Waals surface area contributed by atoms with Crippen molar-refractivity contribution in [2.24, 2.45) is 11.8 Å². The molecule has 5 atom stereocenters. The van der Waals surface area contributed by atoms with Gasteiger partial charge >= 0.3 is 39.5 Å². The third-order valence-electron chi connectivity index (χ3n) is 19.0. The van der Waals surface area contributed by atoms with E-state index in [0.29, 0.717) is 25.7 Å². The number of hydrogen-bond donors (Lipinski definition) is 3. The number of phosphoric acid groups is 2. The van der Waals surface area contributed by atoms with E-state index >= 15 is 0 Å². The molecule has 3 N–H and O–H groups in total.